The lowest BCUT2D eigenvalue weighted by Gasteiger charge is -2.10. The Bertz CT molecular complexity index is 370. The fourth-order valence-corrected chi connectivity index (χ4v) is 1.92. The molecule has 1 aromatic rings. The minimum Gasteiger partial charge on any atom is -0.399 e. The van der Waals surface area contributed by atoms with E-state index in [1.807, 2.05) is 0 Å². The van der Waals surface area contributed by atoms with Crippen LogP contribution >= 0.6 is 0 Å². The number of nitrogens with one attached hydrogen (secondary N) is 1. The topological polar surface area (TPSA) is 64.4 Å². The zero-order valence-corrected chi connectivity index (χ0v) is 9.82. The quantitative estimate of drug-likeness (QED) is 0.594. The highest BCUT2D eigenvalue weighted by Crippen LogP contribution is 2.10. The first-order chi connectivity index (χ1) is 8.25. The Hall–Kier alpha value is -1.39. The second kappa shape index (κ2) is 5.80. The summed E-state index contributed by atoms with van der Waals surface area (Å²) in [6, 6.07) is 7.00. The smallest absolute Gasteiger partial charge is 0.176 e. The number of nitrogen functional groups attached to an aromatic ring is 1. The number of benzene rings is 1. The van der Waals surface area contributed by atoms with Crippen molar-refractivity contribution >= 4 is 11.5 Å². The first kappa shape index (κ1) is 12.1. The molecule has 1 unspecified atom stereocenters. The number of hydrogen-bond acceptors (Lipinski definition) is 4. The molecule has 1 aromatic carbocycles. The van der Waals surface area contributed by atoms with Gasteiger partial charge in [-0.05, 0) is 37.1 Å². The molecular weight excluding hydrogens is 216 g/mol. The van der Waals surface area contributed by atoms with E-state index in [4.69, 9.17) is 10.5 Å². The van der Waals surface area contributed by atoms with Crippen LogP contribution in [-0.2, 0) is 4.74 Å². The average molecular weight is 234 g/mol. The van der Waals surface area contributed by atoms with Crippen molar-refractivity contribution in [2.24, 2.45) is 0 Å². The maximum atomic E-state index is 11.8. The van der Waals surface area contributed by atoms with Crippen molar-refractivity contribution in [3.63, 3.8) is 0 Å². The number of carbonyl (C=O) groups is 1. The molecule has 17 heavy (non-hydrogen) atoms. The summed E-state index contributed by atoms with van der Waals surface area (Å²) in [4.78, 5) is 11.8. The van der Waals surface area contributed by atoms with Crippen molar-refractivity contribution in [2.45, 2.75) is 18.9 Å². The minimum atomic E-state index is 0.0861. The number of anilines is 1. The van der Waals surface area contributed by atoms with E-state index in [0.29, 0.717) is 17.8 Å². The normalized spacial score (nSPS) is 19.4. The molecule has 92 valence electrons. The summed E-state index contributed by atoms with van der Waals surface area (Å²) in [6.45, 7) is 1.95. The molecule has 0 saturated carbocycles. The van der Waals surface area contributed by atoms with Crippen molar-refractivity contribution in [2.75, 3.05) is 25.4 Å². The zero-order chi connectivity index (χ0) is 12.1. The molecule has 1 aliphatic heterocycles. The van der Waals surface area contributed by atoms with Crippen LogP contribution in [0.15, 0.2) is 24.3 Å². The van der Waals surface area contributed by atoms with Gasteiger partial charge < -0.3 is 15.8 Å². The van der Waals surface area contributed by atoms with Gasteiger partial charge in [0.1, 0.15) is 0 Å². The summed E-state index contributed by atoms with van der Waals surface area (Å²) in [6.07, 6.45) is 2.48. The van der Waals surface area contributed by atoms with Gasteiger partial charge in [0.2, 0.25) is 0 Å². The maximum Gasteiger partial charge on any atom is 0.176 e. The summed E-state index contributed by atoms with van der Waals surface area (Å²) >= 11 is 0. The van der Waals surface area contributed by atoms with E-state index < -0.39 is 0 Å². The lowest BCUT2D eigenvalue weighted by molar-refractivity contribution is 0.0955. The third-order valence-electron chi connectivity index (χ3n) is 2.91. The van der Waals surface area contributed by atoms with E-state index in [9.17, 15) is 4.79 Å². The average Bonchev–Trinajstić information content (AvgIpc) is 2.83. The first-order valence-corrected chi connectivity index (χ1v) is 5.97. The van der Waals surface area contributed by atoms with Crippen LogP contribution in [0.2, 0.25) is 0 Å². The molecule has 2 rings (SSSR count). The highest BCUT2D eigenvalue weighted by Gasteiger charge is 2.15. The molecule has 1 fully saturated rings. The van der Waals surface area contributed by atoms with Crippen molar-refractivity contribution < 1.29 is 9.53 Å². The molecule has 1 saturated heterocycles. The predicted molar refractivity (Wildman–Crippen MR) is 67.0 cm³/mol. The monoisotopic (exact) mass is 234 g/mol. The van der Waals surface area contributed by atoms with Crippen molar-refractivity contribution in [3.8, 4) is 0 Å². The van der Waals surface area contributed by atoms with Crippen LogP contribution in [0.1, 0.15) is 23.2 Å². The van der Waals surface area contributed by atoms with E-state index in [1.165, 1.54) is 0 Å². The van der Waals surface area contributed by atoms with Crippen molar-refractivity contribution in [1.82, 2.24) is 5.32 Å². The standard InChI is InChI=1S/C13H18N2O2/c14-11-5-3-10(4-6-11)13(16)9-15-8-12-2-1-7-17-12/h3-6,12,15H,1-2,7-9,14H2. The summed E-state index contributed by atoms with van der Waals surface area (Å²) in [7, 11) is 0. The van der Waals surface area contributed by atoms with Gasteiger partial charge in [0.05, 0.1) is 12.6 Å². The van der Waals surface area contributed by atoms with Gasteiger partial charge in [-0.2, -0.15) is 0 Å². The number of rotatable bonds is 5. The van der Waals surface area contributed by atoms with Crippen molar-refractivity contribution in [3.05, 3.63) is 29.8 Å². The number of Topliss-reactive ketones (excluding diaryl/α,β-unsaturated/α-hetero) is 1. The third kappa shape index (κ3) is 3.54. The van der Waals surface area contributed by atoms with E-state index >= 15 is 0 Å². The third-order valence-corrected chi connectivity index (χ3v) is 2.91. The molecular formula is C13H18N2O2. The fraction of sp³-hybridized carbons (Fsp3) is 0.462. The lowest BCUT2D eigenvalue weighted by Crippen LogP contribution is -2.30. The van der Waals surface area contributed by atoms with Crippen LogP contribution in [0.4, 0.5) is 5.69 Å². The highest BCUT2D eigenvalue weighted by atomic mass is 16.5. The van der Waals surface area contributed by atoms with Crippen LogP contribution in [0.5, 0.6) is 0 Å². The van der Waals surface area contributed by atoms with Crippen molar-refractivity contribution in [1.29, 1.82) is 0 Å². The highest BCUT2D eigenvalue weighted by molar-refractivity contribution is 5.97. The number of carbonyl (C=O) groups excluding carboxylic acids is 1. The molecule has 4 heteroatoms. The molecule has 1 atom stereocenters. The number of ketones is 1. The van der Waals surface area contributed by atoms with E-state index in [0.717, 1.165) is 26.0 Å². The van der Waals surface area contributed by atoms with Gasteiger partial charge in [-0.1, -0.05) is 0 Å². The number of ether oxygens (including phenoxy) is 1. The summed E-state index contributed by atoms with van der Waals surface area (Å²) in [5, 5.41) is 3.13. The second-order valence-corrected chi connectivity index (χ2v) is 4.31. The van der Waals surface area contributed by atoms with E-state index in [2.05, 4.69) is 5.32 Å². The van der Waals surface area contributed by atoms with Gasteiger partial charge in [-0.15, -0.1) is 0 Å². The summed E-state index contributed by atoms with van der Waals surface area (Å²) < 4.78 is 5.47. The zero-order valence-electron chi connectivity index (χ0n) is 9.82. The molecule has 0 aromatic heterocycles. The van der Waals surface area contributed by atoms with Gasteiger partial charge in [0, 0.05) is 24.4 Å². The fourth-order valence-electron chi connectivity index (χ4n) is 1.92. The molecule has 0 spiro atoms. The molecule has 0 amide bonds. The molecule has 0 aliphatic carbocycles. The van der Waals surface area contributed by atoms with Gasteiger partial charge in [0.15, 0.2) is 5.78 Å². The van der Waals surface area contributed by atoms with Crippen LogP contribution in [0, 0.1) is 0 Å². The lowest BCUT2D eigenvalue weighted by atomic mass is 10.1. The Morgan fingerprint density at radius 2 is 2.18 bits per heavy atom. The molecule has 1 aliphatic rings. The Kier molecular flexibility index (Phi) is 4.12. The minimum absolute atomic E-state index is 0.0861. The predicted octanol–water partition coefficient (Wildman–Crippen LogP) is 1.22. The Morgan fingerprint density at radius 1 is 1.41 bits per heavy atom. The van der Waals surface area contributed by atoms with Gasteiger partial charge in [0.25, 0.3) is 0 Å². The molecule has 0 radical (unpaired) electrons. The van der Waals surface area contributed by atoms with Gasteiger partial charge >= 0.3 is 0 Å². The van der Waals surface area contributed by atoms with Crippen LogP contribution in [0.25, 0.3) is 0 Å². The molecule has 4 nitrogen and oxygen atoms in total. The molecule has 1 heterocycles. The van der Waals surface area contributed by atoms with Crippen LogP contribution in [0.3, 0.4) is 0 Å². The number of nitrogens with two attached hydrogens (primary N) is 1. The first-order valence-electron chi connectivity index (χ1n) is 5.97. The number of hydrogen-bond donors (Lipinski definition) is 2. The molecule has 3 N–H and O–H groups in total. The van der Waals surface area contributed by atoms with E-state index in [1.54, 1.807) is 24.3 Å². The molecule has 0 bridgehead atoms. The Balaban J connectivity index is 1.75. The summed E-state index contributed by atoms with van der Waals surface area (Å²) in [5.74, 6) is 0.0861. The van der Waals surface area contributed by atoms with E-state index in [-0.39, 0.29) is 11.9 Å². The Morgan fingerprint density at radius 3 is 2.82 bits per heavy atom. The van der Waals surface area contributed by atoms with Crippen LogP contribution < -0.4 is 11.1 Å². The van der Waals surface area contributed by atoms with Gasteiger partial charge in [-0.3, -0.25) is 4.79 Å². The van der Waals surface area contributed by atoms with Crippen LogP contribution in [-0.4, -0.2) is 31.6 Å². The Labute approximate surface area is 101 Å². The second-order valence-electron chi connectivity index (χ2n) is 4.31. The largest absolute Gasteiger partial charge is 0.399 e. The summed E-state index contributed by atoms with van der Waals surface area (Å²) in [5.41, 5.74) is 6.93. The van der Waals surface area contributed by atoms with Gasteiger partial charge in [-0.25, -0.2) is 0 Å². The SMILES string of the molecule is Nc1ccc(C(=O)CNCC2CCCO2)cc1. The maximum absolute atomic E-state index is 11.8.